The van der Waals surface area contributed by atoms with Crippen molar-refractivity contribution in [2.45, 2.75) is 45.1 Å². The first-order valence-electron chi connectivity index (χ1n) is 8.35. The molecule has 2 heteroatoms. The van der Waals surface area contributed by atoms with Crippen molar-refractivity contribution in [3.8, 4) is 0 Å². The van der Waals surface area contributed by atoms with Gasteiger partial charge in [0.15, 0.2) is 0 Å². The Kier molecular flexibility index (Phi) is 3.12. The van der Waals surface area contributed by atoms with E-state index in [-0.39, 0.29) is 0 Å². The van der Waals surface area contributed by atoms with Crippen molar-refractivity contribution in [1.29, 1.82) is 0 Å². The molecule has 3 aliphatic carbocycles. The second-order valence-electron chi connectivity index (χ2n) is 7.21. The fourth-order valence-corrected chi connectivity index (χ4v) is 5.40. The molecule has 3 N–H and O–H groups in total. The molecule has 0 aliphatic heterocycles. The monoisotopic (exact) mass is 270 g/mol. The highest BCUT2D eigenvalue weighted by Gasteiger charge is 2.66. The summed E-state index contributed by atoms with van der Waals surface area (Å²) in [7, 11) is 0. The van der Waals surface area contributed by atoms with Gasteiger partial charge in [-0.2, -0.15) is 0 Å². The summed E-state index contributed by atoms with van der Waals surface area (Å²) < 4.78 is 0. The lowest BCUT2D eigenvalue weighted by atomic mass is 9.93. The van der Waals surface area contributed by atoms with Gasteiger partial charge < -0.3 is 0 Å². The molecule has 2 bridgehead atoms. The van der Waals surface area contributed by atoms with Crippen LogP contribution in [0.5, 0.6) is 0 Å². The Morgan fingerprint density at radius 3 is 2.25 bits per heavy atom. The zero-order valence-electron chi connectivity index (χ0n) is 12.4. The zero-order valence-corrected chi connectivity index (χ0v) is 12.4. The lowest BCUT2D eigenvalue weighted by Gasteiger charge is -2.20. The van der Waals surface area contributed by atoms with E-state index in [2.05, 4.69) is 36.6 Å². The van der Waals surface area contributed by atoms with E-state index in [0.29, 0.717) is 6.04 Å². The highest BCUT2D eigenvalue weighted by atomic mass is 15.2. The molecule has 3 saturated carbocycles. The van der Waals surface area contributed by atoms with E-state index in [1.54, 1.807) is 0 Å². The maximum Gasteiger partial charge on any atom is 0.0284 e. The van der Waals surface area contributed by atoms with Crippen LogP contribution >= 0.6 is 0 Å². The number of nitrogens with two attached hydrogens (primary N) is 1. The van der Waals surface area contributed by atoms with Gasteiger partial charge >= 0.3 is 0 Å². The maximum atomic E-state index is 5.88. The summed E-state index contributed by atoms with van der Waals surface area (Å²) in [6, 6.07) is 9.59. The van der Waals surface area contributed by atoms with Crippen LogP contribution in [0.3, 0.4) is 0 Å². The molecule has 0 spiro atoms. The second kappa shape index (κ2) is 4.85. The second-order valence-corrected chi connectivity index (χ2v) is 7.21. The number of aryl methyl sites for hydroxylation is 1. The number of nitrogens with one attached hydrogen (secondary N) is 1. The molecule has 0 amide bonds. The lowest BCUT2D eigenvalue weighted by Crippen LogP contribution is -2.40. The van der Waals surface area contributed by atoms with Crippen molar-refractivity contribution in [1.82, 2.24) is 5.43 Å². The van der Waals surface area contributed by atoms with Gasteiger partial charge in [-0.3, -0.25) is 11.3 Å². The molecule has 0 saturated heterocycles. The molecule has 4 rings (SSSR count). The number of fused-ring (bicyclic) bond motifs is 5. The average molecular weight is 270 g/mol. The SMILES string of the molecule is CCc1ccc(CC(NN)C2C3C4CCC(C4)C32)cc1. The topological polar surface area (TPSA) is 38.0 Å². The van der Waals surface area contributed by atoms with Gasteiger partial charge in [0.2, 0.25) is 0 Å². The van der Waals surface area contributed by atoms with Gasteiger partial charge in [0.05, 0.1) is 0 Å². The van der Waals surface area contributed by atoms with E-state index in [0.717, 1.165) is 42.4 Å². The van der Waals surface area contributed by atoms with Crippen LogP contribution in [0.25, 0.3) is 0 Å². The minimum absolute atomic E-state index is 0.487. The number of benzene rings is 1. The standard InChI is InChI=1S/C18H26N2/c1-2-11-3-5-12(6-4-11)9-15(20-19)18-16-13-7-8-14(10-13)17(16)18/h3-6,13-18,20H,2,7-10,19H2,1H3. The van der Waals surface area contributed by atoms with Crippen molar-refractivity contribution < 1.29 is 0 Å². The molecule has 108 valence electrons. The molecule has 5 atom stereocenters. The molecule has 3 aliphatic rings. The highest BCUT2D eigenvalue weighted by molar-refractivity contribution is 5.25. The van der Waals surface area contributed by atoms with Crippen LogP contribution < -0.4 is 11.3 Å². The molecule has 5 unspecified atom stereocenters. The Morgan fingerprint density at radius 1 is 1.10 bits per heavy atom. The quantitative estimate of drug-likeness (QED) is 0.638. The van der Waals surface area contributed by atoms with Crippen molar-refractivity contribution in [2.24, 2.45) is 35.4 Å². The van der Waals surface area contributed by atoms with Gasteiger partial charge in [0.25, 0.3) is 0 Å². The van der Waals surface area contributed by atoms with Crippen molar-refractivity contribution in [2.75, 3.05) is 0 Å². The van der Waals surface area contributed by atoms with Gasteiger partial charge in [0.1, 0.15) is 0 Å². The van der Waals surface area contributed by atoms with Crippen molar-refractivity contribution >= 4 is 0 Å². The van der Waals surface area contributed by atoms with Gasteiger partial charge in [-0.1, -0.05) is 31.2 Å². The smallest absolute Gasteiger partial charge is 0.0284 e. The normalized spacial score (nSPS) is 38.8. The molecule has 0 heterocycles. The Morgan fingerprint density at radius 2 is 1.70 bits per heavy atom. The van der Waals surface area contributed by atoms with Gasteiger partial charge in [-0.15, -0.1) is 0 Å². The van der Waals surface area contributed by atoms with Gasteiger partial charge in [-0.25, -0.2) is 0 Å². The van der Waals surface area contributed by atoms with Crippen LogP contribution in [0, 0.1) is 29.6 Å². The third-order valence-electron chi connectivity index (χ3n) is 6.36. The first-order chi connectivity index (χ1) is 9.81. The van der Waals surface area contributed by atoms with Gasteiger partial charge in [0, 0.05) is 6.04 Å². The molecular weight excluding hydrogens is 244 g/mol. The summed E-state index contributed by atoms with van der Waals surface area (Å²) >= 11 is 0. The van der Waals surface area contributed by atoms with Crippen LogP contribution in [-0.4, -0.2) is 6.04 Å². The van der Waals surface area contributed by atoms with E-state index >= 15 is 0 Å². The van der Waals surface area contributed by atoms with E-state index < -0.39 is 0 Å². The average Bonchev–Trinajstić information content (AvgIpc) is 2.91. The van der Waals surface area contributed by atoms with Crippen LogP contribution in [0.1, 0.15) is 37.3 Å². The summed E-state index contributed by atoms with van der Waals surface area (Å²) in [5.74, 6) is 10.8. The molecule has 1 aromatic rings. The molecule has 3 fully saturated rings. The molecule has 20 heavy (non-hydrogen) atoms. The molecule has 0 aromatic heterocycles. The van der Waals surface area contributed by atoms with Crippen molar-refractivity contribution in [3.63, 3.8) is 0 Å². The lowest BCUT2D eigenvalue weighted by molar-refractivity contribution is 0.365. The molecule has 2 nitrogen and oxygen atoms in total. The molecular formula is C18H26N2. The zero-order chi connectivity index (χ0) is 13.7. The van der Waals surface area contributed by atoms with E-state index in [9.17, 15) is 0 Å². The first kappa shape index (κ1) is 12.8. The first-order valence-corrected chi connectivity index (χ1v) is 8.35. The predicted molar refractivity (Wildman–Crippen MR) is 81.9 cm³/mol. The van der Waals surface area contributed by atoms with Crippen LogP contribution in [-0.2, 0) is 12.8 Å². The largest absolute Gasteiger partial charge is 0.271 e. The Bertz CT molecular complexity index is 465. The van der Waals surface area contributed by atoms with Crippen LogP contribution in [0.2, 0.25) is 0 Å². The Labute approximate surface area is 122 Å². The van der Waals surface area contributed by atoms with Crippen molar-refractivity contribution in [3.05, 3.63) is 35.4 Å². The molecule has 0 radical (unpaired) electrons. The highest BCUT2D eigenvalue weighted by Crippen LogP contribution is 2.70. The summed E-state index contributed by atoms with van der Waals surface area (Å²) in [5, 5.41) is 0. The minimum Gasteiger partial charge on any atom is -0.271 e. The fraction of sp³-hybridized carbons (Fsp3) is 0.667. The molecule has 1 aromatic carbocycles. The third kappa shape index (κ3) is 1.93. The summed E-state index contributed by atoms with van der Waals surface area (Å²) in [5.41, 5.74) is 5.99. The maximum absolute atomic E-state index is 5.88. The number of hydrogen-bond donors (Lipinski definition) is 2. The van der Waals surface area contributed by atoms with E-state index in [1.807, 2.05) is 0 Å². The van der Waals surface area contributed by atoms with E-state index in [4.69, 9.17) is 5.84 Å². The summed E-state index contributed by atoms with van der Waals surface area (Å²) in [4.78, 5) is 0. The third-order valence-corrected chi connectivity index (χ3v) is 6.36. The number of rotatable bonds is 5. The minimum atomic E-state index is 0.487. The van der Waals surface area contributed by atoms with E-state index in [1.165, 1.54) is 30.4 Å². The predicted octanol–water partition coefficient (Wildman–Crippen LogP) is 2.92. The number of hydrazine groups is 1. The Balaban J connectivity index is 1.44. The number of hydrogen-bond acceptors (Lipinski definition) is 2. The van der Waals surface area contributed by atoms with Crippen LogP contribution in [0.15, 0.2) is 24.3 Å². The summed E-state index contributed by atoms with van der Waals surface area (Å²) in [6.45, 7) is 2.21. The Hall–Kier alpha value is -0.860. The van der Waals surface area contributed by atoms with Gasteiger partial charge in [-0.05, 0) is 72.8 Å². The fourth-order valence-electron chi connectivity index (χ4n) is 5.40. The summed E-state index contributed by atoms with van der Waals surface area (Å²) in [6.07, 6.45) is 6.72. The van der Waals surface area contributed by atoms with Crippen LogP contribution in [0.4, 0.5) is 0 Å².